The summed E-state index contributed by atoms with van der Waals surface area (Å²) >= 11 is 0. The van der Waals surface area contributed by atoms with Crippen LogP contribution in [0.25, 0.3) is 0 Å². The molecule has 1 heterocycles. The number of carbonyl (C=O) groups is 1. The van der Waals surface area contributed by atoms with Crippen LogP contribution >= 0.6 is 0 Å². The van der Waals surface area contributed by atoms with Crippen molar-refractivity contribution in [3.05, 3.63) is 41.7 Å². The van der Waals surface area contributed by atoms with Crippen LogP contribution in [0.3, 0.4) is 0 Å². The van der Waals surface area contributed by atoms with E-state index in [9.17, 15) is 4.79 Å². The average Bonchev–Trinajstić information content (AvgIpc) is 2.88. The van der Waals surface area contributed by atoms with E-state index in [4.69, 9.17) is 4.74 Å². The summed E-state index contributed by atoms with van der Waals surface area (Å²) < 4.78 is 5.39. The topological polar surface area (TPSA) is 39.2 Å². The molecule has 0 radical (unpaired) electrons. The van der Waals surface area contributed by atoms with Crippen LogP contribution in [0.4, 0.5) is 0 Å². The number of aromatic nitrogens is 1. The zero-order valence-corrected chi connectivity index (χ0v) is 12.0. The number of rotatable bonds is 4. The first kappa shape index (κ1) is 13.8. The van der Waals surface area contributed by atoms with Gasteiger partial charge in [0, 0.05) is 18.0 Å². The second kappa shape index (κ2) is 5.16. The Morgan fingerprint density at radius 2 is 2.21 bits per heavy atom. The minimum absolute atomic E-state index is 0.0147. The van der Waals surface area contributed by atoms with Gasteiger partial charge in [-0.05, 0) is 31.2 Å². The Morgan fingerprint density at radius 3 is 2.79 bits per heavy atom. The molecule has 0 bridgehead atoms. The lowest BCUT2D eigenvalue weighted by Gasteiger charge is -2.05. The fourth-order valence-corrected chi connectivity index (χ4v) is 2.53. The zero-order chi connectivity index (χ0) is 14.0. The predicted molar refractivity (Wildman–Crippen MR) is 74.2 cm³/mol. The van der Waals surface area contributed by atoms with E-state index in [1.807, 2.05) is 12.1 Å². The largest absolute Gasteiger partial charge is 0.461 e. The molecule has 2 unspecified atom stereocenters. The molecule has 19 heavy (non-hydrogen) atoms. The lowest BCUT2D eigenvalue weighted by Crippen LogP contribution is -2.10. The summed E-state index contributed by atoms with van der Waals surface area (Å²) in [7, 11) is 0. The van der Waals surface area contributed by atoms with Gasteiger partial charge in [-0.3, -0.25) is 9.78 Å². The van der Waals surface area contributed by atoms with Gasteiger partial charge < -0.3 is 4.74 Å². The lowest BCUT2D eigenvalue weighted by atomic mass is 10.1. The summed E-state index contributed by atoms with van der Waals surface area (Å²) in [5, 5.41) is 0. The molecule has 0 aliphatic heterocycles. The summed E-state index contributed by atoms with van der Waals surface area (Å²) in [6.45, 7) is 8.67. The molecule has 0 N–H and O–H groups in total. The Morgan fingerprint density at radius 1 is 1.47 bits per heavy atom. The third kappa shape index (κ3) is 3.03. The van der Waals surface area contributed by atoms with Gasteiger partial charge in [0.15, 0.2) is 0 Å². The number of hydrogen-bond acceptors (Lipinski definition) is 3. The van der Waals surface area contributed by atoms with Gasteiger partial charge in [-0.2, -0.15) is 0 Å². The van der Waals surface area contributed by atoms with Crippen LogP contribution in [0, 0.1) is 17.3 Å². The van der Waals surface area contributed by atoms with Gasteiger partial charge in [-0.1, -0.05) is 31.6 Å². The van der Waals surface area contributed by atoms with Crippen molar-refractivity contribution in [2.75, 3.05) is 0 Å². The molecule has 1 aromatic heterocycles. The van der Waals surface area contributed by atoms with Crippen LogP contribution in [-0.2, 0) is 16.1 Å². The third-order valence-corrected chi connectivity index (χ3v) is 3.78. The number of allylic oxidation sites excluding steroid dienone is 2. The van der Waals surface area contributed by atoms with Crippen LogP contribution in [0.2, 0.25) is 0 Å². The summed E-state index contributed by atoms with van der Waals surface area (Å²) in [4.78, 5) is 16.1. The summed E-state index contributed by atoms with van der Waals surface area (Å²) in [6.07, 6.45) is 5.61. The number of esters is 1. The molecule has 0 saturated heterocycles. The van der Waals surface area contributed by atoms with Gasteiger partial charge in [-0.15, -0.1) is 0 Å². The zero-order valence-electron chi connectivity index (χ0n) is 12.0. The predicted octanol–water partition coefficient (Wildman–Crippen LogP) is 3.36. The van der Waals surface area contributed by atoms with Crippen molar-refractivity contribution in [3.8, 4) is 0 Å². The molecular weight excluding hydrogens is 238 g/mol. The Labute approximate surface area is 114 Å². The monoisotopic (exact) mass is 259 g/mol. The lowest BCUT2D eigenvalue weighted by molar-refractivity contribution is -0.147. The van der Waals surface area contributed by atoms with Crippen molar-refractivity contribution >= 4 is 5.97 Å². The van der Waals surface area contributed by atoms with Crippen LogP contribution < -0.4 is 0 Å². The highest BCUT2D eigenvalue weighted by atomic mass is 16.5. The molecule has 3 nitrogen and oxygen atoms in total. The molecule has 1 aromatic rings. The molecule has 1 aliphatic rings. The van der Waals surface area contributed by atoms with Crippen molar-refractivity contribution in [1.82, 2.24) is 4.98 Å². The van der Waals surface area contributed by atoms with E-state index in [1.165, 1.54) is 5.57 Å². The number of nitrogens with zero attached hydrogens (tertiary/aromatic N) is 1. The van der Waals surface area contributed by atoms with Crippen molar-refractivity contribution in [3.63, 3.8) is 0 Å². The molecule has 1 saturated carbocycles. The van der Waals surface area contributed by atoms with Gasteiger partial charge in [-0.25, -0.2) is 0 Å². The molecule has 2 rings (SSSR count). The molecule has 102 valence electrons. The second-order valence-electron chi connectivity index (χ2n) is 6.04. The van der Waals surface area contributed by atoms with E-state index in [0.29, 0.717) is 12.5 Å². The van der Waals surface area contributed by atoms with Crippen molar-refractivity contribution < 1.29 is 9.53 Å². The second-order valence-corrected chi connectivity index (χ2v) is 6.04. The highest BCUT2D eigenvalue weighted by Gasteiger charge is 2.61. The van der Waals surface area contributed by atoms with E-state index >= 15 is 0 Å². The van der Waals surface area contributed by atoms with Crippen LogP contribution in [0.15, 0.2) is 36.2 Å². The number of hydrogen-bond donors (Lipinski definition) is 0. The average molecular weight is 259 g/mol. The Balaban J connectivity index is 1.93. The smallest absolute Gasteiger partial charge is 0.310 e. The first-order valence-corrected chi connectivity index (χ1v) is 6.63. The van der Waals surface area contributed by atoms with Gasteiger partial charge in [0.2, 0.25) is 0 Å². The quantitative estimate of drug-likeness (QED) is 0.615. The molecule has 3 heteroatoms. The summed E-state index contributed by atoms with van der Waals surface area (Å²) in [5.41, 5.74) is 2.19. The molecule has 2 atom stereocenters. The van der Waals surface area contributed by atoms with Gasteiger partial charge in [0.1, 0.15) is 6.61 Å². The summed E-state index contributed by atoms with van der Waals surface area (Å²) in [6, 6.07) is 3.75. The first-order chi connectivity index (χ1) is 8.93. The fraction of sp³-hybridized carbons (Fsp3) is 0.500. The van der Waals surface area contributed by atoms with Gasteiger partial charge in [0.25, 0.3) is 0 Å². The molecule has 1 aliphatic carbocycles. The molecule has 1 fully saturated rings. The molecule has 0 spiro atoms. The standard InChI is InChI=1S/C16H21NO2/c1-11(2)8-13-14(16(13,3)4)15(18)19-10-12-6-5-7-17-9-12/h5-9,13-14H,10H2,1-4H3. The maximum Gasteiger partial charge on any atom is 0.310 e. The molecular formula is C16H21NO2. The van der Waals surface area contributed by atoms with Crippen LogP contribution in [0.1, 0.15) is 33.3 Å². The molecule has 0 aromatic carbocycles. The van der Waals surface area contributed by atoms with Crippen LogP contribution in [-0.4, -0.2) is 11.0 Å². The van der Waals surface area contributed by atoms with Crippen molar-refractivity contribution in [1.29, 1.82) is 0 Å². The number of carbonyl (C=O) groups excluding carboxylic acids is 1. The van der Waals surface area contributed by atoms with Gasteiger partial charge in [0.05, 0.1) is 5.92 Å². The maximum atomic E-state index is 12.1. The molecule has 0 amide bonds. The maximum absolute atomic E-state index is 12.1. The van der Waals surface area contributed by atoms with E-state index in [0.717, 1.165) is 5.56 Å². The van der Waals surface area contributed by atoms with E-state index < -0.39 is 0 Å². The number of ether oxygens (including phenoxy) is 1. The van der Waals surface area contributed by atoms with Crippen LogP contribution in [0.5, 0.6) is 0 Å². The van der Waals surface area contributed by atoms with E-state index in [2.05, 4.69) is 38.8 Å². The highest BCUT2D eigenvalue weighted by Crippen LogP contribution is 2.59. The van der Waals surface area contributed by atoms with Crippen molar-refractivity contribution in [2.24, 2.45) is 17.3 Å². The normalized spacial score (nSPS) is 23.6. The minimum atomic E-state index is -0.101. The highest BCUT2D eigenvalue weighted by molar-refractivity contribution is 5.78. The SMILES string of the molecule is CC(C)=CC1C(C(=O)OCc2cccnc2)C1(C)C. The fourth-order valence-electron chi connectivity index (χ4n) is 2.53. The third-order valence-electron chi connectivity index (χ3n) is 3.78. The number of pyridine rings is 1. The minimum Gasteiger partial charge on any atom is -0.461 e. The van der Waals surface area contributed by atoms with E-state index in [1.54, 1.807) is 12.4 Å². The van der Waals surface area contributed by atoms with Crippen molar-refractivity contribution in [2.45, 2.75) is 34.3 Å². The Bertz CT molecular complexity index is 487. The Hall–Kier alpha value is -1.64. The Kier molecular flexibility index (Phi) is 3.74. The summed E-state index contributed by atoms with van der Waals surface area (Å²) in [5.74, 6) is 0.189. The van der Waals surface area contributed by atoms with Gasteiger partial charge >= 0.3 is 5.97 Å². The van der Waals surface area contributed by atoms with E-state index in [-0.39, 0.29) is 17.3 Å². The first-order valence-electron chi connectivity index (χ1n) is 6.63.